The van der Waals surface area contributed by atoms with Crippen LogP contribution < -0.4 is 10.5 Å². The van der Waals surface area contributed by atoms with E-state index in [2.05, 4.69) is 9.72 Å². The second kappa shape index (κ2) is 4.44. The van der Waals surface area contributed by atoms with Gasteiger partial charge in [-0.1, -0.05) is 12.1 Å². The van der Waals surface area contributed by atoms with Crippen molar-refractivity contribution in [3.63, 3.8) is 0 Å². The van der Waals surface area contributed by atoms with Crippen LogP contribution in [-0.2, 0) is 0 Å². The highest BCUT2D eigenvalue weighted by Crippen LogP contribution is 2.34. The van der Waals surface area contributed by atoms with Crippen molar-refractivity contribution in [3.8, 4) is 17.0 Å². The number of ether oxygens (including phenoxy) is 1. The van der Waals surface area contributed by atoms with Crippen molar-refractivity contribution < 1.29 is 13.5 Å². The van der Waals surface area contributed by atoms with Crippen LogP contribution in [0.2, 0.25) is 0 Å². The van der Waals surface area contributed by atoms with E-state index in [1.807, 2.05) is 0 Å². The Morgan fingerprint density at radius 2 is 2.06 bits per heavy atom. The van der Waals surface area contributed by atoms with Crippen LogP contribution in [0.3, 0.4) is 0 Å². The van der Waals surface area contributed by atoms with Gasteiger partial charge in [0.2, 0.25) is 0 Å². The molecule has 0 aliphatic rings. The molecule has 3 nitrogen and oxygen atoms in total. The average molecular weight is 242 g/mol. The molecule has 0 saturated heterocycles. The van der Waals surface area contributed by atoms with Crippen LogP contribution in [0.4, 0.5) is 13.8 Å². The maximum Gasteiger partial charge on any atom is 0.387 e. The van der Waals surface area contributed by atoms with Crippen molar-refractivity contribution in [2.75, 3.05) is 5.73 Å². The Labute approximate surface area is 94.5 Å². The quantitative estimate of drug-likeness (QED) is 0.900. The van der Waals surface area contributed by atoms with E-state index in [-0.39, 0.29) is 5.75 Å². The fourth-order valence-corrected chi connectivity index (χ4v) is 1.86. The van der Waals surface area contributed by atoms with E-state index >= 15 is 0 Å². The van der Waals surface area contributed by atoms with Crippen LogP contribution >= 0.6 is 11.3 Å². The fraction of sp³-hybridized carbons (Fsp3) is 0.100. The van der Waals surface area contributed by atoms with Crippen molar-refractivity contribution in [1.29, 1.82) is 0 Å². The number of para-hydroxylation sites is 1. The highest BCUT2D eigenvalue weighted by Gasteiger charge is 2.14. The van der Waals surface area contributed by atoms with E-state index in [1.54, 1.807) is 23.7 Å². The SMILES string of the molecule is Nc1scnc1-c1ccccc1OC(F)F. The third-order valence-corrected chi connectivity index (χ3v) is 2.61. The molecule has 2 aromatic rings. The van der Waals surface area contributed by atoms with Gasteiger partial charge in [0, 0.05) is 5.56 Å². The molecule has 0 aliphatic heterocycles. The number of nitrogens with two attached hydrogens (primary N) is 1. The monoisotopic (exact) mass is 242 g/mol. The molecule has 2 rings (SSSR count). The minimum atomic E-state index is -2.86. The number of hydrogen-bond acceptors (Lipinski definition) is 4. The lowest BCUT2D eigenvalue weighted by molar-refractivity contribution is -0.0494. The van der Waals surface area contributed by atoms with Crippen LogP contribution in [0.1, 0.15) is 0 Å². The van der Waals surface area contributed by atoms with Gasteiger partial charge in [-0.25, -0.2) is 4.98 Å². The van der Waals surface area contributed by atoms with Gasteiger partial charge >= 0.3 is 6.61 Å². The topological polar surface area (TPSA) is 48.1 Å². The summed E-state index contributed by atoms with van der Waals surface area (Å²) in [6.07, 6.45) is 0. The van der Waals surface area contributed by atoms with Crippen molar-refractivity contribution in [1.82, 2.24) is 4.98 Å². The number of anilines is 1. The first kappa shape index (κ1) is 10.8. The lowest BCUT2D eigenvalue weighted by atomic mass is 10.1. The van der Waals surface area contributed by atoms with Crippen molar-refractivity contribution in [3.05, 3.63) is 29.8 Å². The second-order valence-corrected chi connectivity index (χ2v) is 3.83. The summed E-state index contributed by atoms with van der Waals surface area (Å²) in [6.45, 7) is -2.86. The molecule has 1 heterocycles. The Balaban J connectivity index is 2.44. The Bertz CT molecular complexity index is 487. The van der Waals surface area contributed by atoms with E-state index in [0.717, 1.165) is 0 Å². The summed E-state index contributed by atoms with van der Waals surface area (Å²) >= 11 is 1.25. The maximum atomic E-state index is 12.2. The molecule has 84 valence electrons. The van der Waals surface area contributed by atoms with Crippen LogP contribution in [0.5, 0.6) is 5.75 Å². The summed E-state index contributed by atoms with van der Waals surface area (Å²) in [5.74, 6) is 0.0788. The van der Waals surface area contributed by atoms with Gasteiger partial charge in [0.05, 0.1) is 5.51 Å². The molecule has 0 spiro atoms. The molecule has 0 fully saturated rings. The summed E-state index contributed by atoms with van der Waals surface area (Å²) in [4.78, 5) is 4.02. The molecular weight excluding hydrogens is 234 g/mol. The minimum Gasteiger partial charge on any atom is -0.434 e. The third-order valence-electron chi connectivity index (χ3n) is 1.95. The van der Waals surface area contributed by atoms with Crippen LogP contribution in [0.15, 0.2) is 29.8 Å². The highest BCUT2D eigenvalue weighted by atomic mass is 32.1. The normalized spacial score (nSPS) is 10.7. The molecule has 16 heavy (non-hydrogen) atoms. The number of rotatable bonds is 3. The highest BCUT2D eigenvalue weighted by molar-refractivity contribution is 7.14. The van der Waals surface area contributed by atoms with Crippen molar-refractivity contribution in [2.45, 2.75) is 6.61 Å². The molecule has 0 aliphatic carbocycles. The Hall–Kier alpha value is -1.69. The fourth-order valence-electron chi connectivity index (χ4n) is 1.32. The number of nitrogens with zero attached hydrogens (tertiary/aromatic N) is 1. The summed E-state index contributed by atoms with van der Waals surface area (Å²) in [5.41, 5.74) is 8.19. The van der Waals surface area contributed by atoms with Crippen LogP contribution in [-0.4, -0.2) is 11.6 Å². The molecule has 6 heteroatoms. The number of hydrogen-bond donors (Lipinski definition) is 1. The molecule has 0 amide bonds. The lowest BCUT2D eigenvalue weighted by Gasteiger charge is -2.08. The van der Waals surface area contributed by atoms with Crippen molar-refractivity contribution in [2.24, 2.45) is 0 Å². The van der Waals surface area contributed by atoms with Gasteiger partial charge < -0.3 is 10.5 Å². The van der Waals surface area contributed by atoms with Gasteiger partial charge in [-0.05, 0) is 12.1 Å². The molecule has 0 unspecified atom stereocenters. The zero-order valence-electron chi connectivity index (χ0n) is 8.06. The predicted octanol–water partition coefficient (Wildman–Crippen LogP) is 2.99. The van der Waals surface area contributed by atoms with E-state index in [0.29, 0.717) is 16.3 Å². The Morgan fingerprint density at radius 3 is 2.69 bits per heavy atom. The molecule has 0 radical (unpaired) electrons. The molecule has 1 aromatic heterocycles. The number of benzene rings is 1. The van der Waals surface area contributed by atoms with Gasteiger partial charge in [0.1, 0.15) is 16.4 Å². The van der Waals surface area contributed by atoms with E-state index < -0.39 is 6.61 Å². The maximum absolute atomic E-state index is 12.2. The van der Waals surface area contributed by atoms with Crippen molar-refractivity contribution >= 4 is 16.3 Å². The number of halogens is 2. The minimum absolute atomic E-state index is 0.0788. The number of thiazole rings is 1. The van der Waals surface area contributed by atoms with Crippen LogP contribution in [0.25, 0.3) is 11.3 Å². The third kappa shape index (κ3) is 2.11. The Kier molecular flexibility index (Phi) is 3.00. The zero-order chi connectivity index (χ0) is 11.5. The largest absolute Gasteiger partial charge is 0.434 e. The number of aromatic nitrogens is 1. The smallest absolute Gasteiger partial charge is 0.387 e. The molecule has 0 atom stereocenters. The van der Waals surface area contributed by atoms with Gasteiger partial charge in [-0.3, -0.25) is 0 Å². The van der Waals surface area contributed by atoms with Gasteiger partial charge in [0.25, 0.3) is 0 Å². The number of nitrogen functional groups attached to an aromatic ring is 1. The summed E-state index contributed by atoms with van der Waals surface area (Å²) in [7, 11) is 0. The zero-order valence-corrected chi connectivity index (χ0v) is 8.88. The van der Waals surface area contributed by atoms with E-state index in [1.165, 1.54) is 17.4 Å². The van der Waals surface area contributed by atoms with Crippen LogP contribution in [0, 0.1) is 0 Å². The standard InChI is InChI=1S/C10H8F2N2OS/c11-10(12)15-7-4-2-1-3-6(7)8-9(13)16-5-14-8/h1-5,10H,13H2. The van der Waals surface area contributed by atoms with Gasteiger partial charge in [-0.15, -0.1) is 11.3 Å². The average Bonchev–Trinajstić information content (AvgIpc) is 2.64. The molecule has 1 aromatic carbocycles. The van der Waals surface area contributed by atoms with E-state index in [9.17, 15) is 8.78 Å². The molecule has 0 saturated carbocycles. The molecular formula is C10H8F2N2OS. The van der Waals surface area contributed by atoms with Gasteiger partial charge in [0.15, 0.2) is 0 Å². The molecule has 0 bridgehead atoms. The first-order valence-electron chi connectivity index (χ1n) is 4.41. The Morgan fingerprint density at radius 1 is 1.31 bits per heavy atom. The second-order valence-electron chi connectivity index (χ2n) is 2.94. The van der Waals surface area contributed by atoms with E-state index in [4.69, 9.17) is 5.73 Å². The first-order valence-corrected chi connectivity index (χ1v) is 5.29. The first-order chi connectivity index (χ1) is 7.68. The lowest BCUT2D eigenvalue weighted by Crippen LogP contribution is -2.03. The molecule has 2 N–H and O–H groups in total. The predicted molar refractivity (Wildman–Crippen MR) is 58.6 cm³/mol. The summed E-state index contributed by atoms with van der Waals surface area (Å²) < 4.78 is 28.7. The number of alkyl halides is 2. The summed E-state index contributed by atoms with van der Waals surface area (Å²) in [5, 5.41) is 0.477. The van der Waals surface area contributed by atoms with Gasteiger partial charge in [-0.2, -0.15) is 8.78 Å². The summed E-state index contributed by atoms with van der Waals surface area (Å²) in [6, 6.07) is 6.43.